The van der Waals surface area contributed by atoms with Gasteiger partial charge in [0.05, 0.1) is 6.04 Å². The highest BCUT2D eigenvalue weighted by atomic mass is 15.0. The number of hydrogen-bond donors (Lipinski definition) is 2. The van der Waals surface area contributed by atoms with Crippen molar-refractivity contribution in [2.75, 3.05) is 6.54 Å². The van der Waals surface area contributed by atoms with Gasteiger partial charge in [-0.25, -0.2) is 0 Å². The van der Waals surface area contributed by atoms with Crippen LogP contribution < -0.4 is 11.5 Å². The molecule has 1 atom stereocenters. The van der Waals surface area contributed by atoms with Crippen LogP contribution in [-0.4, -0.2) is 11.1 Å². The molecule has 1 rings (SSSR count). The lowest BCUT2D eigenvalue weighted by molar-refractivity contribution is 0.668. The summed E-state index contributed by atoms with van der Waals surface area (Å²) in [5, 5.41) is 0. The van der Waals surface area contributed by atoms with E-state index in [2.05, 4.69) is 0 Å². The first-order valence-corrected chi connectivity index (χ1v) is 3.32. The number of rotatable bonds is 2. The number of nitrogens with zero attached hydrogens (tertiary/aromatic N) is 1. The first-order chi connectivity index (χ1) is 4.75. The van der Waals surface area contributed by atoms with Gasteiger partial charge in [-0.15, -0.1) is 0 Å². The average molecular weight is 139 g/mol. The molecule has 0 aliphatic rings. The Bertz CT molecular complexity index is 204. The Labute approximate surface area is 60.6 Å². The summed E-state index contributed by atoms with van der Waals surface area (Å²) in [4.78, 5) is 0. The third-order valence-corrected chi connectivity index (χ3v) is 1.62. The normalized spacial score (nSPS) is 13.5. The average Bonchev–Trinajstić information content (AvgIpc) is 2.34. The van der Waals surface area contributed by atoms with Crippen LogP contribution in [-0.2, 0) is 7.05 Å². The molecule has 0 bridgehead atoms. The van der Waals surface area contributed by atoms with Crippen LogP contribution in [0.2, 0.25) is 0 Å². The summed E-state index contributed by atoms with van der Waals surface area (Å²) in [6, 6.07) is 3.92. The van der Waals surface area contributed by atoms with Gasteiger partial charge in [0, 0.05) is 25.5 Å². The molecular formula is C7H13N3. The predicted molar refractivity (Wildman–Crippen MR) is 41.4 cm³/mol. The minimum absolute atomic E-state index is 0.0278. The van der Waals surface area contributed by atoms with Gasteiger partial charge < -0.3 is 16.0 Å². The number of aromatic nitrogens is 1. The molecule has 0 spiro atoms. The fourth-order valence-corrected chi connectivity index (χ4v) is 0.980. The van der Waals surface area contributed by atoms with E-state index in [4.69, 9.17) is 11.5 Å². The highest BCUT2D eigenvalue weighted by molar-refractivity contribution is 5.11. The minimum Gasteiger partial charge on any atom is -0.353 e. The monoisotopic (exact) mass is 139 g/mol. The van der Waals surface area contributed by atoms with E-state index in [1.807, 2.05) is 29.9 Å². The second-order valence-corrected chi connectivity index (χ2v) is 2.39. The van der Waals surface area contributed by atoms with Crippen LogP contribution in [0.1, 0.15) is 11.7 Å². The molecular weight excluding hydrogens is 126 g/mol. The van der Waals surface area contributed by atoms with Crippen LogP contribution >= 0.6 is 0 Å². The van der Waals surface area contributed by atoms with Crippen molar-refractivity contribution in [2.45, 2.75) is 6.04 Å². The Morgan fingerprint density at radius 1 is 1.70 bits per heavy atom. The molecule has 0 radical (unpaired) electrons. The standard InChI is InChI=1S/C7H13N3/c1-10-4-2-3-7(10)6(9)5-8/h2-4,6H,5,8-9H2,1H3/t6-/m0/s1. The lowest BCUT2D eigenvalue weighted by atomic mass is 10.2. The fourth-order valence-electron chi connectivity index (χ4n) is 0.980. The molecule has 0 aliphatic carbocycles. The first-order valence-electron chi connectivity index (χ1n) is 3.32. The third kappa shape index (κ3) is 1.20. The first kappa shape index (κ1) is 7.31. The topological polar surface area (TPSA) is 57.0 Å². The van der Waals surface area contributed by atoms with Crippen molar-refractivity contribution < 1.29 is 0 Å². The minimum atomic E-state index is -0.0278. The summed E-state index contributed by atoms with van der Waals surface area (Å²) < 4.78 is 1.98. The van der Waals surface area contributed by atoms with Crippen molar-refractivity contribution in [3.05, 3.63) is 24.0 Å². The summed E-state index contributed by atoms with van der Waals surface area (Å²) in [6.45, 7) is 0.498. The van der Waals surface area contributed by atoms with Crippen molar-refractivity contribution >= 4 is 0 Å². The SMILES string of the molecule is Cn1cccc1[C@@H](N)CN. The van der Waals surface area contributed by atoms with E-state index in [1.165, 1.54) is 0 Å². The molecule has 4 N–H and O–H groups in total. The summed E-state index contributed by atoms with van der Waals surface area (Å²) in [7, 11) is 1.96. The van der Waals surface area contributed by atoms with Gasteiger partial charge in [0.15, 0.2) is 0 Å². The molecule has 10 heavy (non-hydrogen) atoms. The molecule has 1 aromatic heterocycles. The zero-order chi connectivity index (χ0) is 7.56. The lowest BCUT2D eigenvalue weighted by Crippen LogP contribution is -2.22. The highest BCUT2D eigenvalue weighted by Crippen LogP contribution is 2.07. The summed E-state index contributed by atoms with van der Waals surface area (Å²) in [5.74, 6) is 0. The molecule has 3 heteroatoms. The van der Waals surface area contributed by atoms with Crippen molar-refractivity contribution in [3.63, 3.8) is 0 Å². The Kier molecular flexibility index (Phi) is 2.09. The maximum Gasteiger partial charge on any atom is 0.0574 e. The second-order valence-electron chi connectivity index (χ2n) is 2.39. The lowest BCUT2D eigenvalue weighted by Gasteiger charge is -2.09. The van der Waals surface area contributed by atoms with Crippen molar-refractivity contribution in [3.8, 4) is 0 Å². The largest absolute Gasteiger partial charge is 0.353 e. The molecule has 56 valence electrons. The van der Waals surface area contributed by atoms with E-state index in [0.717, 1.165) is 5.69 Å². The Morgan fingerprint density at radius 2 is 2.40 bits per heavy atom. The Balaban J connectivity index is 2.82. The van der Waals surface area contributed by atoms with Crippen molar-refractivity contribution in [2.24, 2.45) is 18.5 Å². The zero-order valence-corrected chi connectivity index (χ0v) is 6.12. The molecule has 0 fully saturated rings. The van der Waals surface area contributed by atoms with Crippen LogP contribution in [0.15, 0.2) is 18.3 Å². The zero-order valence-electron chi connectivity index (χ0n) is 6.12. The molecule has 0 unspecified atom stereocenters. The maximum absolute atomic E-state index is 5.69. The third-order valence-electron chi connectivity index (χ3n) is 1.62. The van der Waals surface area contributed by atoms with Gasteiger partial charge in [-0.1, -0.05) is 0 Å². The van der Waals surface area contributed by atoms with Gasteiger partial charge in [0.2, 0.25) is 0 Å². The van der Waals surface area contributed by atoms with E-state index >= 15 is 0 Å². The van der Waals surface area contributed by atoms with E-state index in [0.29, 0.717) is 6.54 Å². The Morgan fingerprint density at radius 3 is 2.80 bits per heavy atom. The molecule has 1 aromatic rings. The number of hydrogen-bond acceptors (Lipinski definition) is 2. The molecule has 1 heterocycles. The van der Waals surface area contributed by atoms with Crippen molar-refractivity contribution in [1.82, 2.24) is 4.57 Å². The van der Waals surface area contributed by atoms with Crippen LogP contribution in [0.3, 0.4) is 0 Å². The molecule has 0 saturated heterocycles. The van der Waals surface area contributed by atoms with Gasteiger partial charge in [0.1, 0.15) is 0 Å². The summed E-state index contributed by atoms with van der Waals surface area (Å²) >= 11 is 0. The maximum atomic E-state index is 5.69. The van der Waals surface area contributed by atoms with E-state index in [-0.39, 0.29) is 6.04 Å². The molecule has 0 saturated carbocycles. The van der Waals surface area contributed by atoms with Crippen LogP contribution in [0, 0.1) is 0 Å². The summed E-state index contributed by atoms with van der Waals surface area (Å²) in [5.41, 5.74) is 12.2. The van der Waals surface area contributed by atoms with Crippen LogP contribution in [0.5, 0.6) is 0 Å². The quantitative estimate of drug-likeness (QED) is 0.605. The predicted octanol–water partition coefficient (Wildman–Crippen LogP) is -0.0164. The van der Waals surface area contributed by atoms with Gasteiger partial charge in [-0.05, 0) is 12.1 Å². The molecule has 3 nitrogen and oxygen atoms in total. The van der Waals surface area contributed by atoms with Crippen LogP contribution in [0.4, 0.5) is 0 Å². The van der Waals surface area contributed by atoms with E-state index < -0.39 is 0 Å². The van der Waals surface area contributed by atoms with Gasteiger partial charge in [-0.2, -0.15) is 0 Å². The van der Waals surface area contributed by atoms with Crippen LogP contribution in [0.25, 0.3) is 0 Å². The van der Waals surface area contributed by atoms with Crippen molar-refractivity contribution in [1.29, 1.82) is 0 Å². The number of nitrogens with two attached hydrogens (primary N) is 2. The van der Waals surface area contributed by atoms with Gasteiger partial charge in [0.25, 0.3) is 0 Å². The molecule has 0 aromatic carbocycles. The van der Waals surface area contributed by atoms with Gasteiger partial charge in [-0.3, -0.25) is 0 Å². The second kappa shape index (κ2) is 2.86. The Hall–Kier alpha value is -0.800. The molecule has 0 aliphatic heterocycles. The number of aryl methyl sites for hydroxylation is 1. The van der Waals surface area contributed by atoms with Gasteiger partial charge >= 0.3 is 0 Å². The summed E-state index contributed by atoms with van der Waals surface area (Å²) in [6.07, 6.45) is 1.96. The smallest absolute Gasteiger partial charge is 0.0574 e. The molecule has 0 amide bonds. The highest BCUT2D eigenvalue weighted by Gasteiger charge is 2.04. The fraction of sp³-hybridized carbons (Fsp3) is 0.429. The van der Waals surface area contributed by atoms with E-state index in [1.54, 1.807) is 0 Å². The van der Waals surface area contributed by atoms with E-state index in [9.17, 15) is 0 Å².